The molecule has 5 unspecified atom stereocenters. The van der Waals surface area contributed by atoms with Gasteiger partial charge in [0.15, 0.2) is 5.69 Å². The van der Waals surface area contributed by atoms with Gasteiger partial charge in [0.2, 0.25) is 5.89 Å². The molecule has 1 heterocycles. The molecule has 3 fully saturated rings. The number of nitrogens with one attached hydrogen (secondary N) is 1. The second-order valence-corrected chi connectivity index (χ2v) is 7.39. The zero-order valence-corrected chi connectivity index (χ0v) is 13.2. The van der Waals surface area contributed by atoms with Crippen LogP contribution < -0.4 is 11.1 Å². The second-order valence-electron chi connectivity index (χ2n) is 7.39. The summed E-state index contributed by atoms with van der Waals surface area (Å²) in [5, 5.41) is 3.13. The number of oxazole rings is 1. The Kier molecular flexibility index (Phi) is 3.35. The molecule has 5 nitrogen and oxygen atoms in total. The highest BCUT2D eigenvalue weighted by atomic mass is 16.3. The Balaban J connectivity index is 1.66. The maximum Gasteiger partial charge on any atom is 0.273 e. The van der Waals surface area contributed by atoms with E-state index in [0.29, 0.717) is 28.8 Å². The van der Waals surface area contributed by atoms with Gasteiger partial charge in [-0.05, 0) is 42.9 Å². The van der Waals surface area contributed by atoms with Crippen molar-refractivity contribution >= 4 is 5.91 Å². The molecule has 21 heavy (non-hydrogen) atoms. The number of nitrogens with two attached hydrogens (primary N) is 1. The molecule has 0 aromatic carbocycles. The number of hydrogen-bond acceptors (Lipinski definition) is 4. The molecule has 2 bridgehead atoms. The molecule has 4 rings (SSSR count). The Morgan fingerprint density at radius 2 is 2.24 bits per heavy atom. The normalized spacial score (nSPS) is 34.9. The van der Waals surface area contributed by atoms with E-state index in [-0.39, 0.29) is 18.0 Å². The third kappa shape index (κ3) is 2.27. The standard InChI is InChI=1S/C16H25N3O2/c1-8-11-5-10(16(11,3)4)6-12(8)18-14(20)13-7-21-15(19-13)9(2)17/h7-12H,5-6,17H2,1-4H3,(H,18,20). The van der Waals surface area contributed by atoms with Crippen LogP contribution in [0.3, 0.4) is 0 Å². The van der Waals surface area contributed by atoms with Gasteiger partial charge >= 0.3 is 0 Å². The summed E-state index contributed by atoms with van der Waals surface area (Å²) in [6.07, 6.45) is 3.76. The molecule has 3 saturated carbocycles. The molecule has 0 aliphatic heterocycles. The molecule has 1 aromatic rings. The van der Waals surface area contributed by atoms with Crippen LogP contribution >= 0.6 is 0 Å². The topological polar surface area (TPSA) is 81.1 Å². The molecule has 5 atom stereocenters. The minimum Gasteiger partial charge on any atom is -0.446 e. The van der Waals surface area contributed by atoms with Crippen molar-refractivity contribution in [2.75, 3.05) is 0 Å². The maximum absolute atomic E-state index is 12.3. The average Bonchev–Trinajstić information content (AvgIpc) is 2.90. The minimum atomic E-state index is -0.298. The van der Waals surface area contributed by atoms with Crippen molar-refractivity contribution in [2.24, 2.45) is 28.9 Å². The van der Waals surface area contributed by atoms with Crippen LogP contribution in [0.25, 0.3) is 0 Å². The van der Waals surface area contributed by atoms with Crippen LogP contribution in [0, 0.1) is 23.2 Å². The fourth-order valence-electron chi connectivity index (χ4n) is 4.18. The van der Waals surface area contributed by atoms with Gasteiger partial charge in [-0.1, -0.05) is 20.8 Å². The fraction of sp³-hybridized carbons (Fsp3) is 0.750. The predicted molar refractivity (Wildman–Crippen MR) is 79.5 cm³/mol. The van der Waals surface area contributed by atoms with Crippen molar-refractivity contribution in [1.29, 1.82) is 0 Å². The molecule has 3 aliphatic carbocycles. The Morgan fingerprint density at radius 3 is 2.76 bits per heavy atom. The minimum absolute atomic E-state index is 0.151. The molecule has 3 N–H and O–H groups in total. The lowest BCUT2D eigenvalue weighted by molar-refractivity contribution is -0.113. The number of amides is 1. The number of hydrogen-bond donors (Lipinski definition) is 2. The lowest BCUT2D eigenvalue weighted by atomic mass is 9.45. The van der Waals surface area contributed by atoms with E-state index in [1.807, 2.05) is 0 Å². The fourth-order valence-corrected chi connectivity index (χ4v) is 4.18. The zero-order valence-electron chi connectivity index (χ0n) is 13.2. The summed E-state index contributed by atoms with van der Waals surface area (Å²) in [6, 6.07) is -0.0571. The largest absolute Gasteiger partial charge is 0.446 e. The van der Waals surface area contributed by atoms with E-state index < -0.39 is 0 Å². The molecule has 0 spiro atoms. The number of nitrogens with zero attached hydrogens (tertiary/aromatic N) is 1. The van der Waals surface area contributed by atoms with E-state index in [2.05, 4.69) is 31.1 Å². The monoisotopic (exact) mass is 291 g/mol. The number of rotatable bonds is 3. The van der Waals surface area contributed by atoms with Gasteiger partial charge in [-0.15, -0.1) is 0 Å². The van der Waals surface area contributed by atoms with Gasteiger partial charge in [-0.25, -0.2) is 4.98 Å². The Labute approximate surface area is 125 Å². The second kappa shape index (κ2) is 4.83. The Bertz CT molecular complexity index is 549. The van der Waals surface area contributed by atoms with E-state index in [4.69, 9.17) is 10.2 Å². The van der Waals surface area contributed by atoms with Gasteiger partial charge in [0.1, 0.15) is 6.26 Å². The maximum atomic E-state index is 12.3. The summed E-state index contributed by atoms with van der Waals surface area (Å²) >= 11 is 0. The first-order valence-electron chi connectivity index (χ1n) is 7.82. The summed E-state index contributed by atoms with van der Waals surface area (Å²) in [4.78, 5) is 16.5. The molecule has 3 aliphatic rings. The number of aromatic nitrogens is 1. The molecular formula is C16H25N3O2. The predicted octanol–water partition coefficient (Wildman–Crippen LogP) is 2.49. The van der Waals surface area contributed by atoms with E-state index in [0.717, 1.165) is 12.3 Å². The average molecular weight is 291 g/mol. The smallest absolute Gasteiger partial charge is 0.273 e. The summed E-state index contributed by atoms with van der Waals surface area (Å²) in [7, 11) is 0. The van der Waals surface area contributed by atoms with E-state index in [9.17, 15) is 4.79 Å². The van der Waals surface area contributed by atoms with Crippen LogP contribution in [0.4, 0.5) is 0 Å². The van der Waals surface area contributed by atoms with Crippen molar-refractivity contribution in [3.05, 3.63) is 17.8 Å². The summed E-state index contributed by atoms with van der Waals surface area (Å²) < 4.78 is 5.23. The highest BCUT2D eigenvalue weighted by Gasteiger charge is 2.56. The summed E-state index contributed by atoms with van der Waals surface area (Å²) in [5.41, 5.74) is 6.45. The van der Waals surface area contributed by atoms with E-state index >= 15 is 0 Å². The molecule has 1 amide bonds. The highest BCUT2D eigenvalue weighted by Crippen LogP contribution is 2.61. The molecule has 0 saturated heterocycles. The number of carbonyl (C=O) groups is 1. The van der Waals surface area contributed by atoms with Crippen molar-refractivity contribution < 1.29 is 9.21 Å². The zero-order chi connectivity index (χ0) is 15.4. The molecular weight excluding hydrogens is 266 g/mol. The Hall–Kier alpha value is -1.36. The SMILES string of the molecule is CC(N)c1nc(C(=O)NC2CC3CC(C2C)C3(C)C)co1. The van der Waals surface area contributed by atoms with Crippen LogP contribution in [0.1, 0.15) is 63.0 Å². The van der Waals surface area contributed by atoms with Crippen molar-refractivity contribution in [2.45, 2.75) is 52.6 Å². The molecule has 5 heteroatoms. The lowest BCUT2D eigenvalue weighted by Crippen LogP contribution is -2.60. The van der Waals surface area contributed by atoms with Crippen LogP contribution in [0.15, 0.2) is 10.7 Å². The van der Waals surface area contributed by atoms with E-state index in [1.54, 1.807) is 6.92 Å². The van der Waals surface area contributed by atoms with Crippen LogP contribution in [0.5, 0.6) is 0 Å². The van der Waals surface area contributed by atoms with E-state index in [1.165, 1.54) is 12.7 Å². The van der Waals surface area contributed by atoms with Gasteiger partial charge in [0, 0.05) is 6.04 Å². The number of carbonyl (C=O) groups excluding carboxylic acids is 1. The van der Waals surface area contributed by atoms with Gasteiger partial charge in [-0.2, -0.15) is 0 Å². The van der Waals surface area contributed by atoms with Gasteiger partial charge in [0.25, 0.3) is 5.91 Å². The van der Waals surface area contributed by atoms with Crippen LogP contribution in [-0.4, -0.2) is 16.9 Å². The Morgan fingerprint density at radius 1 is 1.52 bits per heavy atom. The third-order valence-electron chi connectivity index (χ3n) is 5.81. The quantitative estimate of drug-likeness (QED) is 0.896. The lowest BCUT2D eigenvalue weighted by Gasteiger charge is -2.62. The van der Waals surface area contributed by atoms with Gasteiger partial charge in [0.05, 0.1) is 6.04 Å². The molecule has 116 valence electrons. The summed E-state index contributed by atoms with van der Waals surface area (Å²) in [5.74, 6) is 2.19. The first-order valence-corrected chi connectivity index (χ1v) is 7.82. The van der Waals surface area contributed by atoms with Crippen molar-refractivity contribution in [3.8, 4) is 0 Å². The first-order chi connectivity index (χ1) is 9.80. The van der Waals surface area contributed by atoms with Crippen LogP contribution in [-0.2, 0) is 0 Å². The van der Waals surface area contributed by atoms with Gasteiger partial charge < -0.3 is 15.5 Å². The van der Waals surface area contributed by atoms with Gasteiger partial charge in [-0.3, -0.25) is 4.79 Å². The summed E-state index contributed by atoms with van der Waals surface area (Å²) in [6.45, 7) is 8.75. The number of fused-ring (bicyclic) bond motifs is 2. The first kappa shape index (κ1) is 14.6. The molecule has 0 radical (unpaired) electrons. The molecule has 1 aromatic heterocycles. The third-order valence-corrected chi connectivity index (χ3v) is 5.81. The highest BCUT2D eigenvalue weighted by molar-refractivity contribution is 5.92. The van der Waals surface area contributed by atoms with Crippen molar-refractivity contribution in [1.82, 2.24) is 10.3 Å². The van der Waals surface area contributed by atoms with Crippen LogP contribution in [0.2, 0.25) is 0 Å². The van der Waals surface area contributed by atoms with Crippen molar-refractivity contribution in [3.63, 3.8) is 0 Å².